The van der Waals surface area contributed by atoms with E-state index < -0.39 is 5.82 Å². The fourth-order valence-electron chi connectivity index (χ4n) is 5.24. The van der Waals surface area contributed by atoms with Crippen LogP contribution in [0.4, 0.5) is 21.8 Å². The van der Waals surface area contributed by atoms with Crippen molar-refractivity contribution in [3.8, 4) is 11.8 Å². The Morgan fingerprint density at radius 1 is 1.17 bits per heavy atom. The van der Waals surface area contributed by atoms with Crippen LogP contribution in [0, 0.1) is 17.1 Å². The molecule has 10 nitrogen and oxygen atoms in total. The first kappa shape index (κ1) is 23.1. The maximum absolute atomic E-state index is 15.1. The maximum atomic E-state index is 15.1. The lowest BCUT2D eigenvalue weighted by Crippen LogP contribution is -2.60. The van der Waals surface area contributed by atoms with Gasteiger partial charge in [0.15, 0.2) is 0 Å². The van der Waals surface area contributed by atoms with E-state index in [4.69, 9.17) is 0 Å². The van der Waals surface area contributed by atoms with Crippen molar-refractivity contribution in [2.75, 3.05) is 10.6 Å². The summed E-state index contributed by atoms with van der Waals surface area (Å²) in [6.07, 6.45) is 6.69. The molecule has 5 rings (SSSR count). The number of nitrogens with zero attached hydrogens (tertiary/aromatic N) is 7. The third-order valence-electron chi connectivity index (χ3n) is 6.42. The zero-order valence-corrected chi connectivity index (χ0v) is 20.3. The van der Waals surface area contributed by atoms with Gasteiger partial charge in [-0.15, -0.1) is 5.10 Å². The van der Waals surface area contributed by atoms with Crippen molar-refractivity contribution in [3.05, 3.63) is 41.6 Å². The van der Waals surface area contributed by atoms with Gasteiger partial charge < -0.3 is 16.0 Å². The first-order valence-corrected chi connectivity index (χ1v) is 11.8. The molecule has 1 aliphatic carbocycles. The van der Waals surface area contributed by atoms with Crippen LogP contribution in [0.3, 0.4) is 0 Å². The summed E-state index contributed by atoms with van der Waals surface area (Å²) in [5, 5.41) is 31.1. The number of rotatable bonds is 6. The molecule has 1 aromatic carbocycles. The second-order valence-corrected chi connectivity index (χ2v) is 10.8. The third kappa shape index (κ3) is 5.07. The lowest BCUT2D eigenvalue weighted by atomic mass is 9.79. The summed E-state index contributed by atoms with van der Waals surface area (Å²) in [5.74, 6) is 0.519. The van der Waals surface area contributed by atoms with Crippen LogP contribution >= 0.6 is 0 Å². The smallest absolute Gasteiger partial charge is 0.229 e. The van der Waals surface area contributed by atoms with E-state index in [9.17, 15) is 5.26 Å². The minimum Gasteiger partial charge on any atom is -0.366 e. The Labute approximate surface area is 203 Å². The molecule has 0 radical (unpaired) electrons. The van der Waals surface area contributed by atoms with Crippen LogP contribution in [0.15, 0.2) is 24.7 Å². The molecule has 3 N–H and O–H groups in total. The van der Waals surface area contributed by atoms with E-state index in [1.54, 1.807) is 6.07 Å². The third-order valence-corrected chi connectivity index (χ3v) is 6.42. The van der Waals surface area contributed by atoms with Crippen molar-refractivity contribution in [1.82, 2.24) is 35.5 Å². The average Bonchev–Trinajstić information content (AvgIpc) is 3.46. The van der Waals surface area contributed by atoms with E-state index in [-0.39, 0.29) is 28.8 Å². The Bertz CT molecular complexity index is 1260. The van der Waals surface area contributed by atoms with Gasteiger partial charge in [-0.2, -0.15) is 10.2 Å². The van der Waals surface area contributed by atoms with E-state index in [1.807, 2.05) is 0 Å². The SMILES string of the molecule is CC1(C)CC(Nc2nc(Nc3cc(-n4cnnn4)c(C4CC4)cc3F)ncc2C#N)CC(C)(C)N1. The molecule has 3 heterocycles. The van der Waals surface area contributed by atoms with Crippen molar-refractivity contribution in [2.24, 2.45) is 0 Å². The molecule has 1 saturated carbocycles. The molecule has 0 spiro atoms. The highest BCUT2D eigenvalue weighted by molar-refractivity contribution is 5.64. The zero-order valence-electron chi connectivity index (χ0n) is 20.3. The molecule has 2 aromatic heterocycles. The molecule has 2 fully saturated rings. The number of halogens is 1. The van der Waals surface area contributed by atoms with Crippen molar-refractivity contribution in [1.29, 1.82) is 5.26 Å². The van der Waals surface area contributed by atoms with Crippen LogP contribution in [-0.4, -0.2) is 47.3 Å². The normalized spacial score (nSPS) is 19.2. The number of tetrazole rings is 1. The van der Waals surface area contributed by atoms with Crippen molar-refractivity contribution in [3.63, 3.8) is 0 Å². The Kier molecular flexibility index (Phi) is 5.63. The summed E-state index contributed by atoms with van der Waals surface area (Å²) in [5.41, 5.74) is 1.99. The molecule has 1 aliphatic heterocycles. The first-order valence-electron chi connectivity index (χ1n) is 11.8. The molecule has 1 saturated heterocycles. The van der Waals surface area contributed by atoms with Crippen molar-refractivity contribution < 1.29 is 4.39 Å². The van der Waals surface area contributed by atoms with Gasteiger partial charge in [0.25, 0.3) is 0 Å². The van der Waals surface area contributed by atoms with Gasteiger partial charge in [-0.05, 0) is 87.4 Å². The van der Waals surface area contributed by atoms with E-state index >= 15 is 4.39 Å². The van der Waals surface area contributed by atoms with Crippen LogP contribution in [0.1, 0.15) is 70.4 Å². The molecular weight excluding hydrogens is 447 g/mol. The summed E-state index contributed by atoms with van der Waals surface area (Å²) < 4.78 is 16.6. The predicted molar refractivity (Wildman–Crippen MR) is 129 cm³/mol. The average molecular weight is 477 g/mol. The summed E-state index contributed by atoms with van der Waals surface area (Å²) in [4.78, 5) is 8.79. The molecule has 182 valence electrons. The van der Waals surface area contributed by atoms with Gasteiger partial charge in [-0.1, -0.05) is 0 Å². The minimum atomic E-state index is -0.409. The Hall–Kier alpha value is -3.65. The summed E-state index contributed by atoms with van der Waals surface area (Å²) >= 11 is 0. The number of benzene rings is 1. The fourth-order valence-corrected chi connectivity index (χ4v) is 5.24. The lowest BCUT2D eigenvalue weighted by Gasteiger charge is -2.46. The van der Waals surface area contributed by atoms with Gasteiger partial charge in [-0.25, -0.2) is 14.1 Å². The van der Waals surface area contributed by atoms with Gasteiger partial charge in [0, 0.05) is 17.1 Å². The van der Waals surface area contributed by atoms with Gasteiger partial charge >= 0.3 is 0 Å². The van der Waals surface area contributed by atoms with E-state index in [0.29, 0.717) is 23.0 Å². The number of aromatic nitrogens is 6. The van der Waals surface area contributed by atoms with Crippen LogP contribution in [0.5, 0.6) is 0 Å². The number of hydrogen-bond acceptors (Lipinski definition) is 9. The predicted octanol–water partition coefficient (Wildman–Crippen LogP) is 3.81. The molecule has 0 atom stereocenters. The second-order valence-electron chi connectivity index (χ2n) is 10.8. The van der Waals surface area contributed by atoms with E-state index in [0.717, 1.165) is 31.2 Å². The van der Waals surface area contributed by atoms with Crippen LogP contribution in [0.2, 0.25) is 0 Å². The van der Waals surface area contributed by atoms with Crippen LogP contribution in [-0.2, 0) is 0 Å². The molecule has 3 aromatic rings. The summed E-state index contributed by atoms with van der Waals surface area (Å²) in [6.45, 7) is 8.66. The number of piperidine rings is 1. The minimum absolute atomic E-state index is 0.0701. The molecule has 35 heavy (non-hydrogen) atoms. The van der Waals surface area contributed by atoms with Crippen molar-refractivity contribution in [2.45, 2.75) is 76.4 Å². The van der Waals surface area contributed by atoms with Crippen LogP contribution < -0.4 is 16.0 Å². The van der Waals surface area contributed by atoms with Crippen molar-refractivity contribution >= 4 is 17.5 Å². The Morgan fingerprint density at radius 2 is 1.91 bits per heavy atom. The lowest BCUT2D eigenvalue weighted by molar-refractivity contribution is 0.170. The first-order chi connectivity index (χ1) is 16.6. The number of hydrogen-bond donors (Lipinski definition) is 3. The maximum Gasteiger partial charge on any atom is 0.229 e. The molecule has 11 heteroatoms. The molecule has 2 aliphatic rings. The highest BCUT2D eigenvalue weighted by Gasteiger charge is 2.38. The number of nitriles is 1. The highest BCUT2D eigenvalue weighted by atomic mass is 19.1. The van der Waals surface area contributed by atoms with Gasteiger partial charge in [-0.3, -0.25) is 0 Å². The van der Waals surface area contributed by atoms with Crippen LogP contribution in [0.25, 0.3) is 5.69 Å². The Balaban J connectivity index is 1.43. The number of nitrogens with one attached hydrogen (secondary N) is 3. The molecular formula is C24H29FN10. The summed E-state index contributed by atoms with van der Waals surface area (Å²) in [7, 11) is 0. The van der Waals surface area contributed by atoms with Gasteiger partial charge in [0.2, 0.25) is 5.95 Å². The van der Waals surface area contributed by atoms with Gasteiger partial charge in [0.05, 0.1) is 17.6 Å². The highest BCUT2D eigenvalue weighted by Crippen LogP contribution is 2.44. The monoisotopic (exact) mass is 476 g/mol. The molecule has 0 amide bonds. The molecule has 0 bridgehead atoms. The second kappa shape index (κ2) is 8.53. The quantitative estimate of drug-likeness (QED) is 0.486. The fraction of sp³-hybridized carbons (Fsp3) is 0.500. The number of anilines is 3. The standard InChI is InChI=1S/C24H29FN10/c1-23(2)9-16(10-24(3,4)32-23)29-21-15(11-26)12-27-22(31-21)30-19-8-20(35-13-28-33-34-35)17(7-18(19)25)14-5-6-14/h7-8,12-14,16,32H,5-6,9-10H2,1-4H3,(H2,27,29,30,31). The topological polar surface area (TPSA) is 129 Å². The Morgan fingerprint density at radius 3 is 2.54 bits per heavy atom. The summed E-state index contributed by atoms with van der Waals surface area (Å²) in [6, 6.07) is 5.46. The zero-order chi connectivity index (χ0) is 24.8. The molecule has 0 unspecified atom stereocenters. The van der Waals surface area contributed by atoms with E-state index in [2.05, 4.69) is 75.2 Å². The van der Waals surface area contributed by atoms with Gasteiger partial charge in [0.1, 0.15) is 29.6 Å². The largest absolute Gasteiger partial charge is 0.366 e. The van der Waals surface area contributed by atoms with E-state index in [1.165, 1.54) is 23.3 Å².